The van der Waals surface area contributed by atoms with Gasteiger partial charge in [0, 0.05) is 11.6 Å². The van der Waals surface area contributed by atoms with Crippen LogP contribution in [0.1, 0.15) is 24.2 Å². The average Bonchev–Trinajstić information content (AvgIpc) is 2.54. The normalized spacial score (nSPS) is 11.6. The summed E-state index contributed by atoms with van der Waals surface area (Å²) in [4.78, 5) is 12.0. The van der Waals surface area contributed by atoms with E-state index in [1.165, 1.54) is 18.2 Å². The number of sulfonamides is 1. The lowest BCUT2D eigenvalue weighted by Crippen LogP contribution is -2.30. The first kappa shape index (κ1) is 18.9. The van der Waals surface area contributed by atoms with Gasteiger partial charge in [0.05, 0.1) is 10.6 Å². The number of halogens is 3. The molecule has 0 bridgehead atoms. The molecule has 9 heteroatoms. The van der Waals surface area contributed by atoms with Gasteiger partial charge in [-0.1, -0.05) is 6.07 Å². The third-order valence-corrected chi connectivity index (χ3v) is 4.74. The molecule has 0 unspecified atom stereocenters. The van der Waals surface area contributed by atoms with E-state index < -0.39 is 39.1 Å². The molecule has 0 aliphatic heterocycles. The fourth-order valence-corrected chi connectivity index (χ4v) is 3.30. The first-order chi connectivity index (χ1) is 11.6. The minimum atomic E-state index is -3.82. The van der Waals surface area contributed by atoms with Crippen LogP contribution >= 0.6 is 0 Å². The second-order valence-electron chi connectivity index (χ2n) is 5.48. The van der Waals surface area contributed by atoms with E-state index in [9.17, 15) is 26.4 Å². The lowest BCUT2D eigenvalue weighted by atomic mass is 10.2. The van der Waals surface area contributed by atoms with Crippen LogP contribution in [0.15, 0.2) is 41.3 Å². The third-order valence-electron chi connectivity index (χ3n) is 3.08. The zero-order valence-corrected chi connectivity index (χ0v) is 14.1. The molecule has 0 aliphatic carbocycles. The Morgan fingerprint density at radius 1 is 1.04 bits per heavy atom. The Kier molecular flexibility index (Phi) is 5.48. The molecular weight excluding hydrogens is 357 g/mol. The molecule has 2 aromatic rings. The molecule has 2 N–H and O–H groups in total. The van der Waals surface area contributed by atoms with E-state index >= 15 is 0 Å². The van der Waals surface area contributed by atoms with Crippen molar-refractivity contribution in [3.63, 3.8) is 0 Å². The average molecular weight is 372 g/mol. The summed E-state index contributed by atoms with van der Waals surface area (Å²) in [5.74, 6) is -5.51. The summed E-state index contributed by atoms with van der Waals surface area (Å²) in [7, 11) is -3.82. The van der Waals surface area contributed by atoms with Gasteiger partial charge in [-0.05, 0) is 44.2 Å². The van der Waals surface area contributed by atoms with Crippen LogP contribution in [0.3, 0.4) is 0 Å². The fraction of sp³-hybridized carbons (Fsp3) is 0.188. The van der Waals surface area contributed by atoms with Crippen LogP contribution in [-0.4, -0.2) is 20.4 Å². The van der Waals surface area contributed by atoms with Crippen LogP contribution < -0.4 is 10.0 Å². The van der Waals surface area contributed by atoms with Crippen LogP contribution in [0.25, 0.3) is 0 Å². The first-order valence-electron chi connectivity index (χ1n) is 7.19. The van der Waals surface area contributed by atoms with Crippen molar-refractivity contribution in [1.29, 1.82) is 0 Å². The monoisotopic (exact) mass is 372 g/mol. The van der Waals surface area contributed by atoms with E-state index in [1.54, 1.807) is 13.8 Å². The lowest BCUT2D eigenvalue weighted by molar-refractivity contribution is 0.102. The van der Waals surface area contributed by atoms with Crippen molar-refractivity contribution in [2.24, 2.45) is 0 Å². The van der Waals surface area contributed by atoms with Gasteiger partial charge in [0.25, 0.3) is 5.91 Å². The summed E-state index contributed by atoms with van der Waals surface area (Å²) in [6.07, 6.45) is 0. The second kappa shape index (κ2) is 7.24. The number of hydrogen-bond donors (Lipinski definition) is 2. The molecule has 1 amide bonds. The van der Waals surface area contributed by atoms with E-state index in [-0.39, 0.29) is 16.5 Å². The van der Waals surface area contributed by atoms with Crippen LogP contribution in [0.2, 0.25) is 0 Å². The maximum Gasteiger partial charge on any atom is 0.255 e. The highest BCUT2D eigenvalue weighted by atomic mass is 32.2. The number of amides is 1. The number of carbonyl (C=O) groups is 1. The predicted molar refractivity (Wildman–Crippen MR) is 86.2 cm³/mol. The van der Waals surface area contributed by atoms with Crippen molar-refractivity contribution in [1.82, 2.24) is 4.72 Å². The highest BCUT2D eigenvalue weighted by Crippen LogP contribution is 2.21. The van der Waals surface area contributed by atoms with Crippen molar-refractivity contribution in [3.05, 3.63) is 59.4 Å². The molecule has 0 radical (unpaired) electrons. The van der Waals surface area contributed by atoms with Crippen molar-refractivity contribution in [2.45, 2.75) is 24.8 Å². The van der Waals surface area contributed by atoms with Crippen LogP contribution in [0.4, 0.5) is 18.9 Å². The number of carbonyl (C=O) groups excluding carboxylic acids is 1. The first-order valence-corrected chi connectivity index (χ1v) is 8.67. The Hall–Kier alpha value is -2.39. The van der Waals surface area contributed by atoms with Crippen LogP contribution in [0, 0.1) is 17.5 Å². The highest BCUT2D eigenvalue weighted by molar-refractivity contribution is 7.89. The Morgan fingerprint density at radius 3 is 2.36 bits per heavy atom. The van der Waals surface area contributed by atoms with Crippen molar-refractivity contribution in [3.8, 4) is 0 Å². The van der Waals surface area contributed by atoms with Gasteiger partial charge in [-0.25, -0.2) is 26.3 Å². The van der Waals surface area contributed by atoms with E-state index in [4.69, 9.17) is 0 Å². The van der Waals surface area contributed by atoms with Crippen molar-refractivity contribution < 1.29 is 26.4 Å². The molecule has 0 heterocycles. The molecule has 0 fully saturated rings. The molecule has 0 aliphatic rings. The Morgan fingerprint density at radius 2 is 1.72 bits per heavy atom. The van der Waals surface area contributed by atoms with Gasteiger partial charge in [-0.3, -0.25) is 4.79 Å². The molecule has 134 valence electrons. The number of hydrogen-bond acceptors (Lipinski definition) is 3. The van der Waals surface area contributed by atoms with Gasteiger partial charge in [0.15, 0.2) is 17.5 Å². The van der Waals surface area contributed by atoms with E-state index in [1.807, 2.05) is 0 Å². The van der Waals surface area contributed by atoms with Crippen LogP contribution in [0.5, 0.6) is 0 Å². The van der Waals surface area contributed by atoms with Gasteiger partial charge < -0.3 is 5.32 Å². The van der Waals surface area contributed by atoms with E-state index in [0.29, 0.717) is 6.07 Å². The molecule has 0 atom stereocenters. The molecule has 0 saturated heterocycles. The quantitative estimate of drug-likeness (QED) is 0.792. The van der Waals surface area contributed by atoms with Gasteiger partial charge in [0.1, 0.15) is 0 Å². The molecule has 0 aromatic heterocycles. The Labute approximate surface area is 142 Å². The van der Waals surface area contributed by atoms with Gasteiger partial charge in [0.2, 0.25) is 10.0 Å². The summed E-state index contributed by atoms with van der Waals surface area (Å²) >= 11 is 0. The van der Waals surface area contributed by atoms with Crippen LogP contribution in [-0.2, 0) is 10.0 Å². The largest absolute Gasteiger partial charge is 0.319 e. The highest BCUT2D eigenvalue weighted by Gasteiger charge is 2.19. The summed E-state index contributed by atoms with van der Waals surface area (Å²) in [5, 5.41) is 2.08. The predicted octanol–water partition coefficient (Wildman–Crippen LogP) is 3.04. The zero-order valence-electron chi connectivity index (χ0n) is 13.3. The number of rotatable bonds is 5. The topological polar surface area (TPSA) is 75.3 Å². The zero-order chi connectivity index (χ0) is 18.8. The lowest BCUT2D eigenvalue weighted by Gasteiger charge is -2.11. The Balaban J connectivity index is 2.30. The second-order valence-corrected chi connectivity index (χ2v) is 7.19. The molecule has 2 rings (SSSR count). The fourth-order valence-electron chi connectivity index (χ4n) is 2.00. The number of anilines is 1. The molecular formula is C16H15F3N2O3S. The summed E-state index contributed by atoms with van der Waals surface area (Å²) < 4.78 is 66.3. The Bertz CT molecular complexity index is 915. The molecule has 5 nitrogen and oxygen atoms in total. The summed E-state index contributed by atoms with van der Waals surface area (Å²) in [6.45, 7) is 3.28. The number of benzene rings is 2. The van der Waals surface area contributed by atoms with Crippen molar-refractivity contribution >= 4 is 21.6 Å². The molecule has 25 heavy (non-hydrogen) atoms. The smallest absolute Gasteiger partial charge is 0.255 e. The van der Waals surface area contributed by atoms with E-state index in [0.717, 1.165) is 12.1 Å². The molecule has 2 aromatic carbocycles. The molecule has 0 saturated carbocycles. The van der Waals surface area contributed by atoms with Gasteiger partial charge >= 0.3 is 0 Å². The standard InChI is InChI=1S/C16H15F3N2O3S/c1-9(2)21-25(23,24)11-5-3-4-10(8-11)16(22)20-13-7-6-12(17)14(18)15(13)19/h3-9,21H,1-2H3,(H,20,22). The van der Waals surface area contributed by atoms with E-state index in [2.05, 4.69) is 10.0 Å². The van der Waals surface area contributed by atoms with Crippen molar-refractivity contribution in [2.75, 3.05) is 5.32 Å². The minimum absolute atomic E-state index is 0.0873. The van der Waals surface area contributed by atoms with Gasteiger partial charge in [-0.2, -0.15) is 0 Å². The maximum absolute atomic E-state index is 13.6. The SMILES string of the molecule is CC(C)NS(=O)(=O)c1cccc(C(=O)Nc2ccc(F)c(F)c2F)c1. The summed E-state index contributed by atoms with van der Waals surface area (Å²) in [5.41, 5.74) is -0.645. The number of nitrogens with one attached hydrogen (secondary N) is 2. The van der Waals surface area contributed by atoms with Gasteiger partial charge in [-0.15, -0.1) is 0 Å². The third kappa shape index (κ3) is 4.37. The summed E-state index contributed by atoms with van der Waals surface area (Å²) in [6, 6.07) is 6.22. The maximum atomic E-state index is 13.6. The molecule has 0 spiro atoms. The minimum Gasteiger partial charge on any atom is -0.319 e.